The van der Waals surface area contributed by atoms with Gasteiger partial charge in [-0.05, 0) is 44.5 Å². The van der Waals surface area contributed by atoms with Crippen LogP contribution < -0.4 is 9.80 Å². The first kappa shape index (κ1) is 21.2. The Bertz CT molecular complexity index is 1050. The number of nitrogens with zero attached hydrogens (tertiary/aromatic N) is 2. The summed E-state index contributed by atoms with van der Waals surface area (Å²) in [6, 6.07) is 20.1. The molecule has 1 aliphatic rings. The molecule has 2 heterocycles. The quantitative estimate of drug-likeness (QED) is 0.605. The number of para-hydroxylation sites is 2. The number of Topliss-reactive ketones (excluding diaryl/α,β-unsaturated/α-hetero) is 1. The molecular formula is C26H32N3O2+. The number of carbonyl (C=O) groups excluding carboxylic acids is 1. The van der Waals surface area contributed by atoms with Gasteiger partial charge in [0.05, 0.1) is 37.9 Å². The summed E-state index contributed by atoms with van der Waals surface area (Å²) in [7, 11) is 0. The molecule has 5 heteroatoms. The summed E-state index contributed by atoms with van der Waals surface area (Å²) in [5.74, 6) is 0.535. The number of phenolic OH excluding ortho intramolecular Hbond substituents is 1. The number of anilines is 1. The summed E-state index contributed by atoms with van der Waals surface area (Å²) in [4.78, 5) is 16.7. The highest BCUT2D eigenvalue weighted by atomic mass is 16.3. The van der Waals surface area contributed by atoms with Crippen LogP contribution in [-0.4, -0.2) is 48.2 Å². The van der Waals surface area contributed by atoms with E-state index in [2.05, 4.69) is 60.6 Å². The second-order valence-corrected chi connectivity index (χ2v) is 8.57. The van der Waals surface area contributed by atoms with E-state index in [0.29, 0.717) is 12.3 Å². The van der Waals surface area contributed by atoms with E-state index in [9.17, 15) is 9.90 Å². The van der Waals surface area contributed by atoms with Gasteiger partial charge in [-0.3, -0.25) is 4.79 Å². The topological polar surface area (TPSA) is 49.9 Å². The number of hydrogen-bond acceptors (Lipinski definition) is 3. The molecule has 0 aliphatic carbocycles. The van der Waals surface area contributed by atoms with Crippen molar-refractivity contribution in [2.45, 2.75) is 26.8 Å². The number of aromatic hydroxyl groups is 1. The predicted octanol–water partition coefficient (Wildman–Crippen LogP) is 3.01. The normalized spacial score (nSPS) is 15.8. The molecule has 0 bridgehead atoms. The molecular weight excluding hydrogens is 386 g/mol. The van der Waals surface area contributed by atoms with Crippen LogP contribution in [0.1, 0.15) is 40.3 Å². The van der Waals surface area contributed by atoms with Crippen molar-refractivity contribution in [3.8, 4) is 5.75 Å². The van der Waals surface area contributed by atoms with Crippen LogP contribution in [0.4, 0.5) is 5.69 Å². The van der Waals surface area contributed by atoms with E-state index in [4.69, 9.17) is 0 Å². The van der Waals surface area contributed by atoms with Crippen LogP contribution in [0.25, 0.3) is 0 Å². The van der Waals surface area contributed by atoms with E-state index in [1.54, 1.807) is 6.07 Å². The molecule has 0 unspecified atom stereocenters. The number of benzene rings is 2. The minimum absolute atomic E-state index is 0.192. The summed E-state index contributed by atoms with van der Waals surface area (Å²) in [6.07, 6.45) is 0. The summed E-state index contributed by atoms with van der Waals surface area (Å²) in [5, 5.41) is 10.1. The summed E-state index contributed by atoms with van der Waals surface area (Å²) in [5.41, 5.74) is 5.14. The minimum Gasteiger partial charge on any atom is -0.506 e. The molecule has 1 fully saturated rings. The van der Waals surface area contributed by atoms with Crippen molar-refractivity contribution in [3.63, 3.8) is 0 Å². The average molecular weight is 419 g/mol. The number of quaternary nitrogens is 1. The third-order valence-electron chi connectivity index (χ3n) is 6.56. The van der Waals surface area contributed by atoms with E-state index in [-0.39, 0.29) is 11.8 Å². The second-order valence-electron chi connectivity index (χ2n) is 8.57. The van der Waals surface area contributed by atoms with Gasteiger partial charge in [-0.2, -0.15) is 0 Å². The monoisotopic (exact) mass is 418 g/mol. The van der Waals surface area contributed by atoms with Gasteiger partial charge >= 0.3 is 0 Å². The average Bonchev–Trinajstić information content (AvgIpc) is 3.09. The Balaban J connectivity index is 1.42. The van der Waals surface area contributed by atoms with Gasteiger partial charge in [0.25, 0.3) is 0 Å². The highest BCUT2D eigenvalue weighted by molar-refractivity contribution is 5.98. The fraction of sp³-hybridized carbons (Fsp3) is 0.346. The maximum absolute atomic E-state index is 13.2. The number of piperazine rings is 1. The molecule has 2 aromatic carbocycles. The number of nitrogens with one attached hydrogen (secondary N) is 1. The zero-order valence-electron chi connectivity index (χ0n) is 18.6. The van der Waals surface area contributed by atoms with Gasteiger partial charge in [0, 0.05) is 17.0 Å². The maximum Gasteiger partial charge on any atom is 0.218 e. The molecule has 3 aromatic rings. The van der Waals surface area contributed by atoms with Crippen molar-refractivity contribution >= 4 is 11.5 Å². The highest BCUT2D eigenvalue weighted by Gasteiger charge is 2.26. The lowest BCUT2D eigenvalue weighted by Gasteiger charge is -2.33. The lowest BCUT2D eigenvalue weighted by Crippen LogP contribution is -3.15. The lowest BCUT2D eigenvalue weighted by molar-refractivity contribution is -0.892. The SMILES string of the molecule is Cc1cc(C(=O)C[NH+]2CCN(c3ccccc3O)CC2)c(C)n1[C@H](C)c1ccccc1. The van der Waals surface area contributed by atoms with E-state index >= 15 is 0 Å². The van der Waals surface area contributed by atoms with Crippen LogP contribution in [0.5, 0.6) is 5.75 Å². The number of aryl methyl sites for hydroxylation is 1. The number of hydrogen-bond donors (Lipinski definition) is 2. The Morgan fingerprint density at radius 1 is 1.03 bits per heavy atom. The van der Waals surface area contributed by atoms with Gasteiger partial charge in [0.1, 0.15) is 12.3 Å². The highest BCUT2D eigenvalue weighted by Crippen LogP contribution is 2.27. The fourth-order valence-corrected chi connectivity index (χ4v) is 4.83. The van der Waals surface area contributed by atoms with Crippen molar-refractivity contribution in [1.82, 2.24) is 4.57 Å². The largest absolute Gasteiger partial charge is 0.506 e. The Labute approximate surface area is 184 Å². The summed E-state index contributed by atoms with van der Waals surface area (Å²) >= 11 is 0. The number of phenols is 1. The van der Waals surface area contributed by atoms with Crippen LogP contribution in [0.3, 0.4) is 0 Å². The second kappa shape index (κ2) is 8.98. The molecule has 0 saturated carbocycles. The molecule has 2 N–H and O–H groups in total. The van der Waals surface area contributed by atoms with Gasteiger partial charge < -0.3 is 19.5 Å². The molecule has 0 amide bonds. The first-order chi connectivity index (χ1) is 15.0. The first-order valence-corrected chi connectivity index (χ1v) is 11.1. The van der Waals surface area contributed by atoms with Crippen LogP contribution in [0.2, 0.25) is 0 Å². The Morgan fingerprint density at radius 2 is 1.68 bits per heavy atom. The molecule has 0 spiro atoms. The lowest BCUT2D eigenvalue weighted by atomic mass is 10.1. The fourth-order valence-electron chi connectivity index (χ4n) is 4.83. The van der Waals surface area contributed by atoms with Crippen molar-refractivity contribution in [2.24, 2.45) is 0 Å². The van der Waals surface area contributed by atoms with Gasteiger partial charge in [0.2, 0.25) is 5.78 Å². The van der Waals surface area contributed by atoms with Crippen LogP contribution in [0.15, 0.2) is 60.7 Å². The zero-order valence-corrected chi connectivity index (χ0v) is 18.6. The Morgan fingerprint density at radius 3 is 2.35 bits per heavy atom. The molecule has 4 rings (SSSR count). The number of carbonyl (C=O) groups is 1. The Kier molecular flexibility index (Phi) is 6.14. The third-order valence-corrected chi connectivity index (χ3v) is 6.56. The van der Waals surface area contributed by atoms with Gasteiger partial charge in [0.15, 0.2) is 0 Å². The van der Waals surface area contributed by atoms with E-state index in [0.717, 1.165) is 48.8 Å². The smallest absolute Gasteiger partial charge is 0.218 e. The molecule has 1 aliphatic heterocycles. The molecule has 5 nitrogen and oxygen atoms in total. The molecule has 1 atom stereocenters. The van der Waals surface area contributed by atoms with Gasteiger partial charge in [-0.15, -0.1) is 0 Å². The van der Waals surface area contributed by atoms with Crippen molar-refractivity contribution < 1.29 is 14.8 Å². The summed E-state index contributed by atoms with van der Waals surface area (Å²) in [6.45, 7) is 10.3. The van der Waals surface area contributed by atoms with E-state index in [1.165, 1.54) is 10.5 Å². The molecule has 31 heavy (non-hydrogen) atoms. The minimum atomic E-state index is 0.192. The van der Waals surface area contributed by atoms with Gasteiger partial charge in [-0.25, -0.2) is 0 Å². The van der Waals surface area contributed by atoms with Crippen molar-refractivity contribution in [2.75, 3.05) is 37.6 Å². The molecule has 1 aromatic heterocycles. The number of aromatic nitrogens is 1. The van der Waals surface area contributed by atoms with Crippen molar-refractivity contribution in [1.29, 1.82) is 0 Å². The number of rotatable bonds is 6. The molecule has 1 saturated heterocycles. The van der Waals surface area contributed by atoms with E-state index in [1.807, 2.05) is 24.3 Å². The van der Waals surface area contributed by atoms with Crippen LogP contribution in [-0.2, 0) is 0 Å². The molecule has 162 valence electrons. The zero-order chi connectivity index (χ0) is 22.0. The maximum atomic E-state index is 13.2. The van der Waals surface area contributed by atoms with Crippen LogP contribution in [0, 0.1) is 13.8 Å². The van der Waals surface area contributed by atoms with Crippen LogP contribution >= 0.6 is 0 Å². The summed E-state index contributed by atoms with van der Waals surface area (Å²) < 4.78 is 2.27. The third kappa shape index (κ3) is 4.37. The predicted molar refractivity (Wildman–Crippen MR) is 124 cm³/mol. The number of ketones is 1. The Hall–Kier alpha value is -3.05. The van der Waals surface area contributed by atoms with Crippen molar-refractivity contribution in [3.05, 3.63) is 83.2 Å². The standard InChI is InChI=1S/C26H31N3O2/c1-19-17-23(21(3)29(19)20(2)22-9-5-4-6-10-22)26(31)18-27-13-15-28(16-14-27)24-11-7-8-12-25(24)30/h4-12,17,20,30H,13-16,18H2,1-3H3/p+1/t20-/m1/s1. The first-order valence-electron chi connectivity index (χ1n) is 11.1. The van der Waals surface area contributed by atoms with E-state index < -0.39 is 0 Å². The molecule has 0 radical (unpaired) electrons. The van der Waals surface area contributed by atoms with Gasteiger partial charge in [-0.1, -0.05) is 42.5 Å².